The van der Waals surface area contributed by atoms with Gasteiger partial charge < -0.3 is 14.7 Å². The Morgan fingerprint density at radius 3 is 2.48 bits per heavy atom. The van der Waals surface area contributed by atoms with Crippen molar-refractivity contribution in [2.24, 2.45) is 5.92 Å². The average molecular weight is 429 g/mol. The Balaban J connectivity index is 1.47. The maximum absolute atomic E-state index is 13.1. The molecule has 0 saturated carbocycles. The molecule has 2 aliphatic heterocycles. The quantitative estimate of drug-likeness (QED) is 0.629. The fourth-order valence-electron chi connectivity index (χ4n) is 4.54. The zero-order chi connectivity index (χ0) is 22.2. The molecule has 0 aliphatic carbocycles. The van der Waals surface area contributed by atoms with Crippen LogP contribution in [0.2, 0.25) is 0 Å². The number of hydrogen-bond acceptors (Lipinski definition) is 4. The smallest absolute Gasteiger partial charge is 0.236 e. The summed E-state index contributed by atoms with van der Waals surface area (Å²) in [5.41, 5.74) is 1.21. The first kappa shape index (κ1) is 23.3. The molecule has 2 fully saturated rings. The first-order chi connectivity index (χ1) is 15.0. The van der Waals surface area contributed by atoms with Crippen molar-refractivity contribution in [3.63, 3.8) is 0 Å². The Hall–Kier alpha value is -2.41. The maximum atomic E-state index is 13.1. The molecule has 2 saturated heterocycles. The first-order valence-electron chi connectivity index (χ1n) is 11.6. The Kier molecular flexibility index (Phi) is 8.46. The SMILES string of the molecule is CCN(CC)C(=O)CN1CCCN(C(=O)C2CC(=O)N(CCc3ccccc3)C2)CC1. The summed E-state index contributed by atoms with van der Waals surface area (Å²) in [5.74, 6) is 0.0791. The molecular weight excluding hydrogens is 392 g/mol. The number of amides is 3. The lowest BCUT2D eigenvalue weighted by molar-refractivity contribution is -0.135. The van der Waals surface area contributed by atoms with Crippen molar-refractivity contribution in [2.75, 3.05) is 58.9 Å². The molecule has 2 heterocycles. The fraction of sp³-hybridized carbons (Fsp3) is 0.625. The van der Waals surface area contributed by atoms with Crippen LogP contribution in [-0.4, -0.2) is 96.2 Å². The lowest BCUT2D eigenvalue weighted by atomic mass is 10.1. The van der Waals surface area contributed by atoms with E-state index in [1.807, 2.05) is 46.7 Å². The predicted molar refractivity (Wildman–Crippen MR) is 120 cm³/mol. The minimum absolute atomic E-state index is 0.0792. The average Bonchev–Trinajstić information content (AvgIpc) is 2.99. The minimum Gasteiger partial charge on any atom is -0.342 e. The van der Waals surface area contributed by atoms with Gasteiger partial charge in [-0.15, -0.1) is 0 Å². The number of benzene rings is 1. The largest absolute Gasteiger partial charge is 0.342 e. The summed E-state index contributed by atoms with van der Waals surface area (Å²) in [6, 6.07) is 10.1. The molecule has 1 unspecified atom stereocenters. The van der Waals surface area contributed by atoms with Crippen LogP contribution in [0.4, 0.5) is 0 Å². The normalized spacial score (nSPS) is 20.1. The number of rotatable bonds is 8. The molecule has 7 nitrogen and oxygen atoms in total. The van der Waals surface area contributed by atoms with E-state index >= 15 is 0 Å². The number of carbonyl (C=O) groups is 3. The highest BCUT2D eigenvalue weighted by Crippen LogP contribution is 2.21. The Labute approximate surface area is 186 Å². The summed E-state index contributed by atoms with van der Waals surface area (Å²) in [4.78, 5) is 45.7. The van der Waals surface area contributed by atoms with E-state index in [1.54, 1.807) is 0 Å². The van der Waals surface area contributed by atoms with E-state index in [0.717, 1.165) is 32.5 Å². The van der Waals surface area contributed by atoms with Gasteiger partial charge in [-0.2, -0.15) is 0 Å². The van der Waals surface area contributed by atoms with Crippen molar-refractivity contribution < 1.29 is 14.4 Å². The van der Waals surface area contributed by atoms with Gasteiger partial charge in [0, 0.05) is 58.8 Å². The van der Waals surface area contributed by atoms with Crippen molar-refractivity contribution in [3.05, 3.63) is 35.9 Å². The van der Waals surface area contributed by atoms with Gasteiger partial charge in [-0.05, 0) is 32.3 Å². The molecule has 2 aliphatic rings. The second-order valence-corrected chi connectivity index (χ2v) is 8.50. The Bertz CT molecular complexity index is 750. The second-order valence-electron chi connectivity index (χ2n) is 8.50. The van der Waals surface area contributed by atoms with Gasteiger partial charge in [0.25, 0.3) is 0 Å². The lowest BCUT2D eigenvalue weighted by Crippen LogP contribution is -2.43. The van der Waals surface area contributed by atoms with E-state index < -0.39 is 0 Å². The van der Waals surface area contributed by atoms with Crippen LogP contribution >= 0.6 is 0 Å². The van der Waals surface area contributed by atoms with Crippen LogP contribution in [0.3, 0.4) is 0 Å². The third kappa shape index (κ3) is 6.29. The number of hydrogen-bond donors (Lipinski definition) is 0. The summed E-state index contributed by atoms with van der Waals surface area (Å²) in [5, 5.41) is 0. The van der Waals surface area contributed by atoms with Crippen LogP contribution in [0.25, 0.3) is 0 Å². The molecule has 0 N–H and O–H groups in total. The van der Waals surface area contributed by atoms with E-state index in [2.05, 4.69) is 17.0 Å². The van der Waals surface area contributed by atoms with Crippen LogP contribution in [0.1, 0.15) is 32.3 Å². The van der Waals surface area contributed by atoms with Crippen LogP contribution in [0.5, 0.6) is 0 Å². The molecule has 3 amide bonds. The molecule has 31 heavy (non-hydrogen) atoms. The monoisotopic (exact) mass is 428 g/mol. The van der Waals surface area contributed by atoms with Gasteiger partial charge in [0.1, 0.15) is 0 Å². The molecule has 170 valence electrons. The van der Waals surface area contributed by atoms with Gasteiger partial charge >= 0.3 is 0 Å². The lowest BCUT2D eigenvalue weighted by Gasteiger charge is -2.26. The molecule has 3 rings (SSSR count). The number of likely N-dealkylation sites (N-methyl/N-ethyl adjacent to an activating group) is 1. The van der Waals surface area contributed by atoms with Gasteiger partial charge in [0.15, 0.2) is 0 Å². The summed E-state index contributed by atoms with van der Waals surface area (Å²) in [6.07, 6.45) is 1.98. The zero-order valence-electron chi connectivity index (χ0n) is 19.0. The Morgan fingerprint density at radius 1 is 1.03 bits per heavy atom. The maximum Gasteiger partial charge on any atom is 0.236 e. The predicted octanol–water partition coefficient (Wildman–Crippen LogP) is 1.48. The molecule has 0 bridgehead atoms. The molecule has 0 radical (unpaired) electrons. The summed E-state index contributed by atoms with van der Waals surface area (Å²) < 4.78 is 0. The molecule has 1 aromatic rings. The third-order valence-corrected chi connectivity index (χ3v) is 6.45. The highest BCUT2D eigenvalue weighted by atomic mass is 16.2. The topological polar surface area (TPSA) is 64.2 Å². The van der Waals surface area contributed by atoms with Gasteiger partial charge in [-0.3, -0.25) is 19.3 Å². The van der Waals surface area contributed by atoms with Crippen LogP contribution in [-0.2, 0) is 20.8 Å². The van der Waals surface area contributed by atoms with E-state index in [0.29, 0.717) is 45.7 Å². The molecule has 1 atom stereocenters. The standard InChI is InChI=1S/C24H36N4O3/c1-3-26(4-2)23(30)19-25-12-8-13-27(16-15-25)24(31)21-17-22(29)28(18-21)14-11-20-9-6-5-7-10-20/h5-7,9-10,21H,3-4,8,11-19H2,1-2H3. The molecule has 0 spiro atoms. The molecular formula is C24H36N4O3. The van der Waals surface area contributed by atoms with Crippen molar-refractivity contribution in [1.82, 2.24) is 19.6 Å². The van der Waals surface area contributed by atoms with Gasteiger partial charge in [0.05, 0.1) is 12.5 Å². The number of likely N-dealkylation sites (tertiary alicyclic amines) is 1. The van der Waals surface area contributed by atoms with Crippen LogP contribution in [0.15, 0.2) is 30.3 Å². The molecule has 1 aromatic carbocycles. The van der Waals surface area contributed by atoms with E-state index in [-0.39, 0.29) is 23.6 Å². The van der Waals surface area contributed by atoms with Crippen molar-refractivity contribution in [3.8, 4) is 0 Å². The summed E-state index contributed by atoms with van der Waals surface area (Å²) >= 11 is 0. The van der Waals surface area contributed by atoms with Crippen LogP contribution in [0, 0.1) is 5.92 Å². The summed E-state index contributed by atoms with van der Waals surface area (Å²) in [7, 11) is 0. The van der Waals surface area contributed by atoms with Gasteiger partial charge in [-0.1, -0.05) is 30.3 Å². The third-order valence-electron chi connectivity index (χ3n) is 6.45. The van der Waals surface area contributed by atoms with E-state index in [4.69, 9.17) is 0 Å². The summed E-state index contributed by atoms with van der Waals surface area (Å²) in [6.45, 7) is 9.89. The minimum atomic E-state index is -0.243. The van der Waals surface area contributed by atoms with Gasteiger partial charge in [-0.25, -0.2) is 0 Å². The molecule has 0 aromatic heterocycles. The Morgan fingerprint density at radius 2 is 1.77 bits per heavy atom. The first-order valence-corrected chi connectivity index (χ1v) is 11.6. The number of nitrogens with zero attached hydrogens (tertiary/aromatic N) is 4. The van der Waals surface area contributed by atoms with Gasteiger partial charge in [0.2, 0.25) is 17.7 Å². The van der Waals surface area contributed by atoms with E-state index in [9.17, 15) is 14.4 Å². The van der Waals surface area contributed by atoms with Crippen molar-refractivity contribution in [2.45, 2.75) is 33.1 Å². The zero-order valence-corrected chi connectivity index (χ0v) is 19.0. The van der Waals surface area contributed by atoms with Crippen molar-refractivity contribution in [1.29, 1.82) is 0 Å². The fourth-order valence-corrected chi connectivity index (χ4v) is 4.54. The number of carbonyl (C=O) groups excluding carboxylic acids is 3. The highest BCUT2D eigenvalue weighted by molar-refractivity contribution is 5.89. The van der Waals surface area contributed by atoms with Crippen molar-refractivity contribution >= 4 is 17.7 Å². The molecule has 7 heteroatoms. The highest BCUT2D eigenvalue weighted by Gasteiger charge is 2.36. The van der Waals surface area contributed by atoms with E-state index in [1.165, 1.54) is 5.56 Å². The van der Waals surface area contributed by atoms with Crippen LogP contribution < -0.4 is 0 Å². The second kappa shape index (κ2) is 11.3.